The lowest BCUT2D eigenvalue weighted by Crippen LogP contribution is -2.24. The van der Waals surface area contributed by atoms with Crippen LogP contribution >= 0.6 is 12.2 Å². The Balaban J connectivity index is 2.30. The van der Waals surface area contributed by atoms with E-state index in [0.29, 0.717) is 16.9 Å². The molecular formula is C17H17N3O4S. The lowest BCUT2D eigenvalue weighted by molar-refractivity contribution is -0.145. The van der Waals surface area contributed by atoms with Gasteiger partial charge in [-0.05, 0) is 36.0 Å². The molecule has 0 saturated heterocycles. The van der Waals surface area contributed by atoms with Crippen molar-refractivity contribution in [2.45, 2.75) is 6.10 Å². The number of benzene rings is 2. The number of nitrogens with one attached hydrogen (secondary N) is 1. The fraction of sp³-hybridized carbons (Fsp3) is 0.118. The summed E-state index contributed by atoms with van der Waals surface area (Å²) in [6.45, 7) is 0. The Kier molecular flexibility index (Phi) is 6.30. The van der Waals surface area contributed by atoms with Crippen LogP contribution in [0.15, 0.2) is 53.6 Å². The fourth-order valence-corrected chi connectivity index (χ4v) is 2.10. The van der Waals surface area contributed by atoms with Gasteiger partial charge in [-0.3, -0.25) is 5.43 Å². The van der Waals surface area contributed by atoms with E-state index >= 15 is 0 Å². The highest BCUT2D eigenvalue weighted by atomic mass is 32.1. The van der Waals surface area contributed by atoms with Crippen molar-refractivity contribution in [3.63, 3.8) is 0 Å². The van der Waals surface area contributed by atoms with Crippen molar-refractivity contribution in [2.24, 2.45) is 10.8 Å². The first-order chi connectivity index (χ1) is 12.0. The molecule has 0 aliphatic rings. The van der Waals surface area contributed by atoms with E-state index in [2.05, 4.69) is 22.7 Å². The van der Waals surface area contributed by atoms with E-state index in [1.54, 1.807) is 48.5 Å². The Morgan fingerprint density at radius 3 is 2.60 bits per heavy atom. The van der Waals surface area contributed by atoms with Gasteiger partial charge < -0.3 is 20.3 Å². The Labute approximate surface area is 150 Å². The van der Waals surface area contributed by atoms with Crippen molar-refractivity contribution >= 4 is 29.5 Å². The number of hydrazone groups is 1. The zero-order valence-electron chi connectivity index (χ0n) is 13.4. The summed E-state index contributed by atoms with van der Waals surface area (Å²) in [6, 6.07) is 13.7. The number of hydrogen-bond donors (Lipinski definition) is 3. The van der Waals surface area contributed by atoms with Crippen LogP contribution in [0.3, 0.4) is 0 Å². The zero-order chi connectivity index (χ0) is 18.2. The third-order valence-corrected chi connectivity index (χ3v) is 3.24. The molecule has 0 bridgehead atoms. The molecule has 0 amide bonds. The van der Waals surface area contributed by atoms with Gasteiger partial charge in [0, 0.05) is 5.56 Å². The highest BCUT2D eigenvalue weighted by Crippen LogP contribution is 2.32. The molecule has 0 saturated carbocycles. The van der Waals surface area contributed by atoms with Gasteiger partial charge in [0.05, 0.1) is 13.3 Å². The van der Waals surface area contributed by atoms with Crippen molar-refractivity contribution in [3.8, 4) is 11.5 Å². The highest BCUT2D eigenvalue weighted by molar-refractivity contribution is 7.80. The SMILES string of the molecule is COc1ccc(C=NNC(N)=S)cc1OC(C(=O)O)c1ccccc1. The molecule has 130 valence electrons. The summed E-state index contributed by atoms with van der Waals surface area (Å²) in [4.78, 5) is 11.6. The van der Waals surface area contributed by atoms with Crippen molar-refractivity contribution < 1.29 is 19.4 Å². The quantitative estimate of drug-likeness (QED) is 0.395. The van der Waals surface area contributed by atoms with Gasteiger partial charge >= 0.3 is 5.97 Å². The number of nitrogens with two attached hydrogens (primary N) is 1. The molecule has 0 aromatic heterocycles. The van der Waals surface area contributed by atoms with Gasteiger partial charge in [0.1, 0.15) is 0 Å². The average molecular weight is 359 g/mol. The second-order valence-electron chi connectivity index (χ2n) is 4.89. The summed E-state index contributed by atoms with van der Waals surface area (Å²) in [7, 11) is 1.47. The number of thiocarbonyl (C=S) groups is 1. The van der Waals surface area contributed by atoms with Gasteiger partial charge in [-0.1, -0.05) is 30.3 Å². The van der Waals surface area contributed by atoms with Gasteiger partial charge in [0.15, 0.2) is 16.6 Å². The maximum atomic E-state index is 11.6. The molecule has 0 heterocycles. The van der Waals surface area contributed by atoms with Crippen LogP contribution in [0.4, 0.5) is 0 Å². The van der Waals surface area contributed by atoms with Gasteiger partial charge in [0.25, 0.3) is 0 Å². The first kappa shape index (κ1) is 18.2. The third kappa shape index (κ3) is 5.18. The van der Waals surface area contributed by atoms with Gasteiger partial charge in [-0.25, -0.2) is 4.79 Å². The van der Waals surface area contributed by atoms with Gasteiger partial charge in [0.2, 0.25) is 6.10 Å². The van der Waals surface area contributed by atoms with E-state index in [-0.39, 0.29) is 10.9 Å². The first-order valence-corrected chi connectivity index (χ1v) is 7.63. The number of hydrogen-bond acceptors (Lipinski definition) is 5. The summed E-state index contributed by atoms with van der Waals surface area (Å²) < 4.78 is 10.9. The minimum atomic E-state index is -1.17. The Hall–Kier alpha value is -3.13. The maximum Gasteiger partial charge on any atom is 0.349 e. The largest absolute Gasteiger partial charge is 0.493 e. The van der Waals surface area contributed by atoms with Crippen molar-refractivity contribution in [1.82, 2.24) is 5.43 Å². The zero-order valence-corrected chi connectivity index (χ0v) is 14.2. The van der Waals surface area contributed by atoms with Crippen LogP contribution in [0.5, 0.6) is 11.5 Å². The predicted molar refractivity (Wildman–Crippen MR) is 98.0 cm³/mol. The maximum absolute atomic E-state index is 11.6. The van der Waals surface area contributed by atoms with Crippen LogP contribution in [-0.2, 0) is 4.79 Å². The monoisotopic (exact) mass is 359 g/mol. The molecule has 1 atom stereocenters. The molecule has 2 aromatic rings. The number of methoxy groups -OCH3 is 1. The summed E-state index contributed by atoms with van der Waals surface area (Å²) >= 11 is 4.66. The molecule has 8 heteroatoms. The van der Waals surface area contributed by atoms with Crippen LogP contribution < -0.4 is 20.6 Å². The molecule has 25 heavy (non-hydrogen) atoms. The molecule has 0 radical (unpaired) electrons. The molecule has 0 aliphatic heterocycles. The fourth-order valence-electron chi connectivity index (χ4n) is 2.05. The summed E-state index contributed by atoms with van der Waals surface area (Å²) in [5, 5.41) is 13.4. The number of carboxylic acid groups (broad SMARTS) is 1. The van der Waals surface area contributed by atoms with E-state index in [0.717, 1.165) is 0 Å². The van der Waals surface area contributed by atoms with Crippen LogP contribution in [0.2, 0.25) is 0 Å². The van der Waals surface area contributed by atoms with E-state index in [4.69, 9.17) is 15.2 Å². The van der Waals surface area contributed by atoms with Gasteiger partial charge in [-0.2, -0.15) is 5.10 Å². The second-order valence-corrected chi connectivity index (χ2v) is 5.33. The minimum Gasteiger partial charge on any atom is -0.493 e. The van der Waals surface area contributed by atoms with Crippen molar-refractivity contribution in [3.05, 3.63) is 59.7 Å². The van der Waals surface area contributed by atoms with E-state index in [1.807, 2.05) is 0 Å². The number of aliphatic carboxylic acids is 1. The molecule has 0 spiro atoms. The molecule has 7 nitrogen and oxygen atoms in total. The lowest BCUT2D eigenvalue weighted by Gasteiger charge is -2.17. The molecule has 2 aromatic carbocycles. The lowest BCUT2D eigenvalue weighted by atomic mass is 10.1. The number of rotatable bonds is 7. The number of carboxylic acids is 1. The smallest absolute Gasteiger partial charge is 0.349 e. The van der Waals surface area contributed by atoms with E-state index < -0.39 is 12.1 Å². The Morgan fingerprint density at radius 2 is 2.00 bits per heavy atom. The minimum absolute atomic E-state index is 0.0382. The topological polar surface area (TPSA) is 106 Å². The second kappa shape index (κ2) is 8.65. The standard InChI is InChI=1S/C17H17N3O4S/c1-23-13-8-7-11(10-19-20-17(18)25)9-14(13)24-15(16(21)22)12-5-3-2-4-6-12/h2-10,15H,1H3,(H,21,22)(H3,18,20,25). The number of carbonyl (C=O) groups is 1. The summed E-state index contributed by atoms with van der Waals surface area (Å²) in [5.74, 6) is -0.429. The molecule has 0 aliphatic carbocycles. The van der Waals surface area contributed by atoms with Crippen LogP contribution in [0, 0.1) is 0 Å². The number of nitrogens with zero attached hydrogens (tertiary/aromatic N) is 1. The molecular weight excluding hydrogens is 342 g/mol. The van der Waals surface area contributed by atoms with Crippen LogP contribution in [0.25, 0.3) is 0 Å². The van der Waals surface area contributed by atoms with Crippen LogP contribution in [-0.4, -0.2) is 29.5 Å². The van der Waals surface area contributed by atoms with Gasteiger partial charge in [-0.15, -0.1) is 0 Å². The van der Waals surface area contributed by atoms with E-state index in [9.17, 15) is 9.90 Å². The first-order valence-electron chi connectivity index (χ1n) is 7.22. The normalized spacial score (nSPS) is 11.7. The summed E-state index contributed by atoms with van der Waals surface area (Å²) in [5.41, 5.74) is 8.90. The molecule has 2 rings (SSSR count). The molecule has 0 fully saturated rings. The van der Waals surface area contributed by atoms with Crippen LogP contribution in [0.1, 0.15) is 17.2 Å². The average Bonchev–Trinajstić information content (AvgIpc) is 2.60. The Morgan fingerprint density at radius 1 is 1.28 bits per heavy atom. The number of ether oxygens (including phenoxy) is 2. The predicted octanol–water partition coefficient (Wildman–Crippen LogP) is 2.07. The van der Waals surface area contributed by atoms with Crippen molar-refractivity contribution in [2.75, 3.05) is 7.11 Å². The molecule has 1 unspecified atom stereocenters. The third-order valence-electron chi connectivity index (χ3n) is 3.15. The van der Waals surface area contributed by atoms with E-state index in [1.165, 1.54) is 13.3 Å². The molecule has 4 N–H and O–H groups in total. The summed E-state index contributed by atoms with van der Waals surface area (Å²) in [6.07, 6.45) is 0.307. The van der Waals surface area contributed by atoms with Crippen molar-refractivity contribution in [1.29, 1.82) is 0 Å². The highest BCUT2D eigenvalue weighted by Gasteiger charge is 2.23. The Bertz CT molecular complexity index is 781.